The van der Waals surface area contributed by atoms with Crippen molar-refractivity contribution in [3.63, 3.8) is 0 Å². The van der Waals surface area contributed by atoms with Gasteiger partial charge in [0.1, 0.15) is 11.0 Å². The molecule has 0 aliphatic carbocycles. The molecule has 0 radical (unpaired) electrons. The number of carbonyl (C=O) groups is 1. The molecule has 1 unspecified atom stereocenters. The van der Waals surface area contributed by atoms with Crippen molar-refractivity contribution in [1.29, 1.82) is 0 Å². The summed E-state index contributed by atoms with van der Waals surface area (Å²) in [6.07, 6.45) is 2.13. The smallest absolute Gasteiger partial charge is 0.242 e. The number of rotatable bonds is 8. The van der Waals surface area contributed by atoms with Crippen LogP contribution < -0.4 is 10.0 Å². The Hall–Kier alpha value is -2.55. The molecule has 158 valence electrons. The van der Waals surface area contributed by atoms with Gasteiger partial charge < -0.3 is 5.32 Å². The van der Waals surface area contributed by atoms with Gasteiger partial charge in [-0.3, -0.25) is 4.79 Å². The van der Waals surface area contributed by atoms with Crippen LogP contribution >= 0.6 is 11.3 Å². The molecule has 3 rings (SSSR count). The fraction of sp³-hybridized carbons (Fsp3) is 0.273. The molecular weight excluding hydrogens is 418 g/mol. The summed E-state index contributed by atoms with van der Waals surface area (Å²) in [5, 5.41) is 5.62. The van der Waals surface area contributed by atoms with E-state index >= 15 is 0 Å². The summed E-state index contributed by atoms with van der Waals surface area (Å²) in [4.78, 5) is 17.3. The number of aryl methyl sites for hydroxylation is 1. The number of sulfonamides is 1. The average Bonchev–Trinajstić information content (AvgIpc) is 3.22. The van der Waals surface area contributed by atoms with Crippen LogP contribution in [0.5, 0.6) is 0 Å². The van der Waals surface area contributed by atoms with E-state index in [1.165, 1.54) is 11.3 Å². The first-order chi connectivity index (χ1) is 14.2. The minimum Gasteiger partial charge on any atom is -0.325 e. The van der Waals surface area contributed by atoms with Crippen molar-refractivity contribution in [3.05, 3.63) is 65.7 Å². The van der Waals surface area contributed by atoms with Gasteiger partial charge in [0.15, 0.2) is 0 Å². The molecule has 3 aromatic rings. The SMILES string of the molecule is Cc1ccc(S(=O)(=O)NC(CC(C)C)C(=O)Nc2ccc(-c3nccs3)cc2)cc1. The number of nitrogens with zero attached hydrogens (tertiary/aromatic N) is 1. The van der Waals surface area contributed by atoms with Crippen molar-refractivity contribution < 1.29 is 13.2 Å². The van der Waals surface area contributed by atoms with Gasteiger partial charge in [-0.15, -0.1) is 11.3 Å². The third-order valence-electron chi connectivity index (χ3n) is 4.48. The van der Waals surface area contributed by atoms with Gasteiger partial charge in [0.25, 0.3) is 0 Å². The average molecular weight is 444 g/mol. The van der Waals surface area contributed by atoms with Crippen molar-refractivity contribution in [2.24, 2.45) is 5.92 Å². The molecule has 0 spiro atoms. The van der Waals surface area contributed by atoms with Crippen molar-refractivity contribution in [1.82, 2.24) is 9.71 Å². The summed E-state index contributed by atoms with van der Waals surface area (Å²) >= 11 is 1.54. The number of carbonyl (C=O) groups excluding carboxylic acids is 1. The quantitative estimate of drug-likeness (QED) is 0.538. The van der Waals surface area contributed by atoms with Gasteiger partial charge in [-0.2, -0.15) is 4.72 Å². The van der Waals surface area contributed by atoms with Crippen LogP contribution in [0.3, 0.4) is 0 Å². The second-order valence-electron chi connectivity index (χ2n) is 7.52. The Bertz CT molecular complexity index is 1080. The van der Waals surface area contributed by atoms with Crippen molar-refractivity contribution in [2.75, 3.05) is 5.32 Å². The maximum Gasteiger partial charge on any atom is 0.242 e. The maximum atomic E-state index is 12.9. The Labute approximate surface area is 181 Å². The minimum absolute atomic E-state index is 0.133. The van der Waals surface area contributed by atoms with Crippen molar-refractivity contribution in [3.8, 4) is 10.6 Å². The summed E-state index contributed by atoms with van der Waals surface area (Å²) in [7, 11) is -3.81. The minimum atomic E-state index is -3.81. The van der Waals surface area contributed by atoms with Gasteiger partial charge >= 0.3 is 0 Å². The number of anilines is 1. The first kappa shape index (κ1) is 22.1. The number of hydrogen-bond donors (Lipinski definition) is 2. The highest BCUT2D eigenvalue weighted by atomic mass is 32.2. The molecule has 0 aliphatic heterocycles. The summed E-state index contributed by atoms with van der Waals surface area (Å²) in [6.45, 7) is 5.78. The molecule has 1 heterocycles. The summed E-state index contributed by atoms with van der Waals surface area (Å²) in [5.74, 6) is -0.255. The molecule has 6 nitrogen and oxygen atoms in total. The van der Waals surface area contributed by atoms with Crippen LogP contribution in [0.15, 0.2) is 65.0 Å². The Morgan fingerprint density at radius 1 is 1.07 bits per heavy atom. The standard InChI is InChI=1S/C22H25N3O3S2/c1-15(2)14-20(25-30(27,28)19-10-4-16(3)5-11-19)21(26)24-18-8-6-17(7-9-18)22-23-12-13-29-22/h4-13,15,20,25H,14H2,1-3H3,(H,24,26). The normalized spacial score (nSPS) is 12.7. The third kappa shape index (κ3) is 5.75. The van der Waals surface area contributed by atoms with Crippen molar-refractivity contribution >= 4 is 33.0 Å². The van der Waals surface area contributed by atoms with Crippen LogP contribution in [-0.2, 0) is 14.8 Å². The number of amides is 1. The number of benzene rings is 2. The van der Waals surface area contributed by atoms with Gasteiger partial charge in [0.05, 0.1) is 4.90 Å². The van der Waals surface area contributed by atoms with Crippen LogP contribution in [0.4, 0.5) is 5.69 Å². The number of thiazole rings is 1. The zero-order chi connectivity index (χ0) is 21.7. The molecule has 0 fully saturated rings. The Balaban J connectivity index is 1.74. The molecule has 30 heavy (non-hydrogen) atoms. The molecule has 0 saturated carbocycles. The first-order valence-electron chi connectivity index (χ1n) is 9.64. The predicted molar refractivity (Wildman–Crippen MR) is 121 cm³/mol. The van der Waals surface area contributed by atoms with Crippen LogP contribution in [0, 0.1) is 12.8 Å². The van der Waals surface area contributed by atoms with E-state index in [0.29, 0.717) is 12.1 Å². The lowest BCUT2D eigenvalue weighted by atomic mass is 10.0. The molecule has 2 aromatic carbocycles. The second-order valence-corrected chi connectivity index (χ2v) is 10.1. The van der Waals surface area contributed by atoms with Gasteiger partial charge in [0, 0.05) is 22.8 Å². The fourth-order valence-corrected chi connectivity index (χ4v) is 4.80. The van der Waals surface area contributed by atoms with E-state index in [2.05, 4.69) is 15.0 Å². The number of aromatic nitrogens is 1. The number of nitrogens with one attached hydrogen (secondary N) is 2. The van der Waals surface area contributed by atoms with E-state index in [9.17, 15) is 13.2 Å². The molecule has 2 N–H and O–H groups in total. The number of hydrogen-bond acceptors (Lipinski definition) is 5. The molecule has 0 aliphatic rings. The lowest BCUT2D eigenvalue weighted by Gasteiger charge is -2.20. The first-order valence-corrected chi connectivity index (χ1v) is 12.0. The van der Waals surface area contributed by atoms with E-state index in [1.807, 2.05) is 38.3 Å². The van der Waals surface area contributed by atoms with E-state index in [4.69, 9.17) is 0 Å². The van der Waals surface area contributed by atoms with Crippen LogP contribution in [0.2, 0.25) is 0 Å². The molecule has 1 amide bonds. The lowest BCUT2D eigenvalue weighted by molar-refractivity contribution is -0.118. The van der Waals surface area contributed by atoms with Gasteiger partial charge in [-0.05, 0) is 55.7 Å². The van der Waals surface area contributed by atoms with Crippen LogP contribution in [0.1, 0.15) is 25.8 Å². The molecule has 0 bridgehead atoms. The molecular formula is C22H25N3O3S2. The van der Waals surface area contributed by atoms with E-state index in [0.717, 1.165) is 16.1 Å². The monoisotopic (exact) mass is 443 g/mol. The highest BCUT2D eigenvalue weighted by Crippen LogP contribution is 2.23. The fourth-order valence-electron chi connectivity index (χ4n) is 2.94. The highest BCUT2D eigenvalue weighted by molar-refractivity contribution is 7.89. The molecule has 1 atom stereocenters. The second kappa shape index (κ2) is 9.51. The highest BCUT2D eigenvalue weighted by Gasteiger charge is 2.26. The predicted octanol–water partition coefficient (Wildman–Crippen LogP) is 4.45. The van der Waals surface area contributed by atoms with Crippen LogP contribution in [-0.4, -0.2) is 25.4 Å². The van der Waals surface area contributed by atoms with E-state index in [1.54, 1.807) is 42.6 Å². The van der Waals surface area contributed by atoms with Gasteiger partial charge in [-0.25, -0.2) is 13.4 Å². The Kier molecular flexibility index (Phi) is 7.02. The van der Waals surface area contributed by atoms with Crippen LogP contribution in [0.25, 0.3) is 10.6 Å². The summed E-state index contributed by atoms with van der Waals surface area (Å²) < 4.78 is 28.1. The maximum absolute atomic E-state index is 12.9. The molecule has 0 saturated heterocycles. The van der Waals surface area contributed by atoms with Gasteiger partial charge in [-0.1, -0.05) is 31.5 Å². The van der Waals surface area contributed by atoms with E-state index in [-0.39, 0.29) is 16.7 Å². The van der Waals surface area contributed by atoms with Crippen molar-refractivity contribution in [2.45, 2.75) is 38.1 Å². The van der Waals surface area contributed by atoms with E-state index < -0.39 is 16.1 Å². The van der Waals surface area contributed by atoms with Gasteiger partial charge in [0.2, 0.25) is 15.9 Å². The largest absolute Gasteiger partial charge is 0.325 e. The zero-order valence-electron chi connectivity index (χ0n) is 17.1. The third-order valence-corrected chi connectivity index (χ3v) is 6.79. The topological polar surface area (TPSA) is 88.2 Å². The summed E-state index contributed by atoms with van der Waals surface area (Å²) in [6, 6.07) is 13.0. The summed E-state index contributed by atoms with van der Waals surface area (Å²) in [5.41, 5.74) is 2.53. The molecule has 8 heteroatoms. The zero-order valence-corrected chi connectivity index (χ0v) is 18.8. The molecule has 1 aromatic heterocycles. The Morgan fingerprint density at radius 3 is 2.30 bits per heavy atom. The lowest BCUT2D eigenvalue weighted by Crippen LogP contribution is -2.44. The Morgan fingerprint density at radius 2 is 1.73 bits per heavy atom.